The molecule has 0 fully saturated rings. The Morgan fingerprint density at radius 2 is 2.16 bits per heavy atom. The van der Waals surface area contributed by atoms with Crippen molar-refractivity contribution in [2.75, 3.05) is 13.2 Å². The van der Waals surface area contributed by atoms with Gasteiger partial charge >= 0.3 is 0 Å². The van der Waals surface area contributed by atoms with Gasteiger partial charge < -0.3 is 15.4 Å². The maximum atomic E-state index is 12.5. The molecular formula is C18H22N4O3. The highest BCUT2D eigenvalue weighted by molar-refractivity contribution is 6.00. The van der Waals surface area contributed by atoms with Crippen molar-refractivity contribution in [2.24, 2.45) is 5.92 Å². The van der Waals surface area contributed by atoms with Crippen LogP contribution in [-0.2, 0) is 0 Å². The summed E-state index contributed by atoms with van der Waals surface area (Å²) in [7, 11) is 0. The number of nitrogens with one attached hydrogen (secondary N) is 2. The molecule has 0 saturated heterocycles. The fourth-order valence-electron chi connectivity index (χ4n) is 3.11. The fourth-order valence-corrected chi connectivity index (χ4v) is 3.11. The number of aromatic nitrogens is 3. The van der Waals surface area contributed by atoms with Gasteiger partial charge in [-0.05, 0) is 30.9 Å². The number of benzene rings is 1. The third kappa shape index (κ3) is 3.41. The highest BCUT2D eigenvalue weighted by Gasteiger charge is 2.17. The monoisotopic (exact) mass is 342 g/mol. The molecule has 1 atom stereocenters. The lowest BCUT2D eigenvalue weighted by Gasteiger charge is -2.15. The van der Waals surface area contributed by atoms with Crippen LogP contribution in [0.3, 0.4) is 0 Å². The van der Waals surface area contributed by atoms with Gasteiger partial charge in [0, 0.05) is 13.2 Å². The van der Waals surface area contributed by atoms with Crippen LogP contribution in [-0.4, -0.2) is 38.8 Å². The largest absolute Gasteiger partial charge is 0.396 e. The number of rotatable bonds is 7. The smallest absolute Gasteiger partial charge is 0.259 e. The van der Waals surface area contributed by atoms with Crippen LogP contribution in [0.4, 0.5) is 0 Å². The minimum Gasteiger partial charge on any atom is -0.396 e. The minimum atomic E-state index is -0.278. The number of fused-ring (bicyclic) bond motifs is 3. The van der Waals surface area contributed by atoms with Crippen LogP contribution in [0.15, 0.2) is 35.3 Å². The Morgan fingerprint density at radius 3 is 2.92 bits per heavy atom. The third-order valence-corrected chi connectivity index (χ3v) is 4.41. The number of para-hydroxylation sites is 1. The number of hydrogen-bond donors (Lipinski definition) is 3. The van der Waals surface area contributed by atoms with E-state index in [2.05, 4.69) is 22.3 Å². The second kappa shape index (κ2) is 7.48. The Kier molecular flexibility index (Phi) is 5.14. The van der Waals surface area contributed by atoms with Gasteiger partial charge in [-0.25, -0.2) is 4.52 Å². The van der Waals surface area contributed by atoms with Crippen molar-refractivity contribution in [3.63, 3.8) is 0 Å². The SMILES string of the molecule is CCCC(CCO)CNC(=O)c1cnn2c1[nH]c(=O)c1ccccc12. The van der Waals surface area contributed by atoms with Gasteiger partial charge in [-0.2, -0.15) is 5.10 Å². The summed E-state index contributed by atoms with van der Waals surface area (Å²) in [5.74, 6) is -0.0411. The number of H-pyrrole nitrogens is 1. The molecule has 25 heavy (non-hydrogen) atoms. The summed E-state index contributed by atoms with van der Waals surface area (Å²) < 4.78 is 1.57. The summed E-state index contributed by atoms with van der Waals surface area (Å²) in [5.41, 5.74) is 1.13. The lowest BCUT2D eigenvalue weighted by atomic mass is 10.0. The zero-order valence-corrected chi connectivity index (χ0v) is 14.2. The Labute approximate surface area is 144 Å². The molecule has 3 N–H and O–H groups in total. The average Bonchev–Trinajstić information content (AvgIpc) is 3.04. The summed E-state index contributed by atoms with van der Waals surface area (Å²) in [6, 6.07) is 7.13. The predicted octanol–water partition coefficient (Wildman–Crippen LogP) is 1.70. The van der Waals surface area contributed by atoms with Gasteiger partial charge in [-0.15, -0.1) is 0 Å². The highest BCUT2D eigenvalue weighted by Crippen LogP contribution is 2.15. The molecule has 7 heteroatoms. The molecule has 0 saturated carbocycles. The summed E-state index contributed by atoms with van der Waals surface area (Å²) >= 11 is 0. The van der Waals surface area contributed by atoms with Crippen LogP contribution >= 0.6 is 0 Å². The molecule has 2 heterocycles. The van der Waals surface area contributed by atoms with Crippen LogP contribution in [0.1, 0.15) is 36.5 Å². The summed E-state index contributed by atoms with van der Waals surface area (Å²) in [4.78, 5) is 27.5. The van der Waals surface area contributed by atoms with Gasteiger partial charge in [0.2, 0.25) is 0 Å². The van der Waals surface area contributed by atoms with E-state index >= 15 is 0 Å². The molecule has 0 aliphatic rings. The van der Waals surface area contributed by atoms with E-state index in [0.717, 1.165) is 12.8 Å². The maximum Gasteiger partial charge on any atom is 0.259 e. The van der Waals surface area contributed by atoms with E-state index in [9.17, 15) is 9.59 Å². The van der Waals surface area contributed by atoms with Gasteiger partial charge in [0.15, 0.2) is 0 Å². The summed E-state index contributed by atoms with van der Waals surface area (Å²) in [5, 5.41) is 16.8. The quantitative estimate of drug-likeness (QED) is 0.608. The standard InChI is InChI=1S/C18H22N4O3/c1-2-5-12(8-9-23)10-19-17(24)14-11-20-22-15-7-4-3-6-13(15)18(25)21-16(14)22/h3-4,6-7,11-12,23H,2,5,8-10H2,1H3,(H,19,24)(H,21,25). The summed E-state index contributed by atoms with van der Waals surface area (Å²) in [6.45, 7) is 2.67. The fraction of sp³-hybridized carbons (Fsp3) is 0.389. The van der Waals surface area contributed by atoms with Gasteiger partial charge in [0.05, 0.1) is 17.1 Å². The molecule has 132 valence electrons. The van der Waals surface area contributed by atoms with Crippen molar-refractivity contribution < 1.29 is 9.90 Å². The molecule has 0 spiro atoms. The van der Waals surface area contributed by atoms with Crippen LogP contribution in [0.5, 0.6) is 0 Å². The molecular weight excluding hydrogens is 320 g/mol. The number of aliphatic hydroxyl groups is 1. The molecule has 0 bridgehead atoms. The number of carbonyl (C=O) groups is 1. The second-order valence-corrected chi connectivity index (χ2v) is 6.17. The molecule has 1 amide bonds. The number of nitrogens with zero attached hydrogens (tertiary/aromatic N) is 2. The topological polar surface area (TPSA) is 99.5 Å². The minimum absolute atomic E-state index is 0.108. The van der Waals surface area contributed by atoms with E-state index in [-0.39, 0.29) is 24.0 Å². The van der Waals surface area contributed by atoms with E-state index in [4.69, 9.17) is 5.11 Å². The van der Waals surface area contributed by atoms with Crippen molar-refractivity contribution in [3.8, 4) is 0 Å². The van der Waals surface area contributed by atoms with E-state index in [1.807, 2.05) is 6.07 Å². The Bertz CT molecular complexity index is 938. The number of amides is 1. The zero-order chi connectivity index (χ0) is 17.8. The van der Waals surface area contributed by atoms with Gasteiger partial charge in [0.1, 0.15) is 11.2 Å². The molecule has 7 nitrogen and oxygen atoms in total. The van der Waals surface area contributed by atoms with Crippen LogP contribution in [0, 0.1) is 5.92 Å². The average molecular weight is 342 g/mol. The van der Waals surface area contributed by atoms with Gasteiger partial charge in [-0.3, -0.25) is 9.59 Å². The molecule has 3 rings (SSSR count). The molecule has 3 aromatic rings. The molecule has 1 unspecified atom stereocenters. The van der Waals surface area contributed by atoms with Crippen molar-refractivity contribution in [3.05, 3.63) is 46.4 Å². The second-order valence-electron chi connectivity index (χ2n) is 6.17. The van der Waals surface area contributed by atoms with Crippen molar-refractivity contribution in [1.82, 2.24) is 19.9 Å². The number of aliphatic hydroxyl groups excluding tert-OH is 1. The summed E-state index contributed by atoms with van der Waals surface area (Å²) in [6.07, 6.45) is 4.06. The first-order valence-electron chi connectivity index (χ1n) is 8.53. The molecule has 2 aromatic heterocycles. The maximum absolute atomic E-state index is 12.5. The van der Waals surface area contributed by atoms with E-state index < -0.39 is 0 Å². The molecule has 0 aliphatic carbocycles. The predicted molar refractivity (Wildman–Crippen MR) is 95.8 cm³/mol. The van der Waals surface area contributed by atoms with Gasteiger partial charge in [0.25, 0.3) is 11.5 Å². The first kappa shape index (κ1) is 17.2. The van der Waals surface area contributed by atoms with E-state index in [1.54, 1.807) is 22.7 Å². The lowest BCUT2D eigenvalue weighted by Crippen LogP contribution is -2.30. The molecule has 0 radical (unpaired) electrons. The molecule has 0 aliphatic heterocycles. The molecule has 1 aromatic carbocycles. The first-order chi connectivity index (χ1) is 12.2. The van der Waals surface area contributed by atoms with Gasteiger partial charge in [-0.1, -0.05) is 25.5 Å². The lowest BCUT2D eigenvalue weighted by molar-refractivity contribution is 0.0944. The number of aromatic amines is 1. The highest BCUT2D eigenvalue weighted by atomic mass is 16.3. The number of carbonyl (C=O) groups excluding carboxylic acids is 1. The van der Waals surface area contributed by atoms with Crippen molar-refractivity contribution in [1.29, 1.82) is 0 Å². The van der Waals surface area contributed by atoms with Crippen LogP contribution in [0.25, 0.3) is 16.6 Å². The normalized spacial score (nSPS) is 12.6. The zero-order valence-electron chi connectivity index (χ0n) is 14.2. The Hall–Kier alpha value is -2.67. The Morgan fingerprint density at radius 1 is 1.36 bits per heavy atom. The number of hydrogen-bond acceptors (Lipinski definition) is 4. The van der Waals surface area contributed by atoms with E-state index in [1.165, 1.54) is 6.20 Å². The Balaban J connectivity index is 1.89. The van der Waals surface area contributed by atoms with Crippen LogP contribution < -0.4 is 10.9 Å². The third-order valence-electron chi connectivity index (χ3n) is 4.41. The van der Waals surface area contributed by atoms with Crippen molar-refractivity contribution >= 4 is 22.5 Å². The van der Waals surface area contributed by atoms with Crippen LogP contribution in [0.2, 0.25) is 0 Å². The van der Waals surface area contributed by atoms with E-state index in [0.29, 0.717) is 35.1 Å². The van der Waals surface area contributed by atoms with Crippen molar-refractivity contribution in [2.45, 2.75) is 26.2 Å². The first-order valence-corrected chi connectivity index (χ1v) is 8.53.